The Morgan fingerprint density at radius 1 is 0.844 bits per heavy atom. The topological polar surface area (TPSA) is 67.9 Å². The van der Waals surface area contributed by atoms with Crippen LogP contribution >= 0.6 is 11.6 Å². The maximum atomic E-state index is 13.6. The molecule has 7 heteroatoms. The summed E-state index contributed by atoms with van der Waals surface area (Å²) in [5.74, 6) is 0.192. The van der Waals surface area contributed by atoms with Crippen LogP contribution < -0.4 is 19.7 Å². The summed E-state index contributed by atoms with van der Waals surface area (Å²) in [4.78, 5) is 28.3. The summed E-state index contributed by atoms with van der Waals surface area (Å²) in [6.45, 7) is 1.89. The fraction of sp³-hybridized carbons (Fsp3) is 0.120. The predicted molar refractivity (Wildman–Crippen MR) is 125 cm³/mol. The number of rotatable bonds is 6. The Bertz CT molecular complexity index is 1220. The van der Waals surface area contributed by atoms with Gasteiger partial charge in [0.05, 0.1) is 25.5 Å². The minimum Gasteiger partial charge on any atom is -0.497 e. The van der Waals surface area contributed by atoms with Gasteiger partial charge in [-0.25, -0.2) is 4.90 Å². The molecule has 1 aliphatic heterocycles. The van der Waals surface area contributed by atoms with Crippen molar-refractivity contribution in [3.05, 3.63) is 88.6 Å². The van der Waals surface area contributed by atoms with Crippen molar-refractivity contribution in [2.24, 2.45) is 0 Å². The van der Waals surface area contributed by atoms with Crippen molar-refractivity contribution < 1.29 is 19.1 Å². The molecule has 0 bridgehead atoms. The maximum absolute atomic E-state index is 13.6. The summed E-state index contributed by atoms with van der Waals surface area (Å²) in [6.07, 6.45) is 0. The van der Waals surface area contributed by atoms with E-state index in [9.17, 15) is 9.59 Å². The van der Waals surface area contributed by atoms with Crippen molar-refractivity contribution in [2.75, 3.05) is 24.4 Å². The highest BCUT2D eigenvalue weighted by Gasteiger charge is 2.41. The number of aryl methyl sites for hydroxylation is 1. The van der Waals surface area contributed by atoms with Gasteiger partial charge in [0.15, 0.2) is 0 Å². The fourth-order valence-corrected chi connectivity index (χ4v) is 3.67. The number of hydrogen-bond donors (Lipinski definition) is 1. The summed E-state index contributed by atoms with van der Waals surface area (Å²) in [5, 5.41) is 3.66. The highest BCUT2D eigenvalue weighted by molar-refractivity contribution is 6.46. The lowest BCUT2D eigenvalue weighted by Crippen LogP contribution is -2.32. The van der Waals surface area contributed by atoms with Crippen LogP contribution in [-0.2, 0) is 9.59 Å². The van der Waals surface area contributed by atoms with Crippen molar-refractivity contribution >= 4 is 40.4 Å². The van der Waals surface area contributed by atoms with Gasteiger partial charge in [-0.2, -0.15) is 0 Å². The molecular formula is C25H21ClN2O4. The maximum Gasteiger partial charge on any atom is 0.282 e. The predicted octanol–water partition coefficient (Wildman–Crippen LogP) is 5.06. The molecule has 0 atom stereocenters. The van der Waals surface area contributed by atoms with Gasteiger partial charge in [-0.3, -0.25) is 9.59 Å². The van der Waals surface area contributed by atoms with E-state index in [0.717, 1.165) is 10.5 Å². The Morgan fingerprint density at radius 2 is 1.53 bits per heavy atom. The normalized spacial score (nSPS) is 13.6. The van der Waals surface area contributed by atoms with Crippen LogP contribution in [0.2, 0.25) is 5.02 Å². The van der Waals surface area contributed by atoms with Crippen molar-refractivity contribution in [1.29, 1.82) is 0 Å². The van der Waals surface area contributed by atoms with E-state index in [1.807, 2.05) is 13.0 Å². The summed E-state index contributed by atoms with van der Waals surface area (Å²) < 4.78 is 10.6. The van der Waals surface area contributed by atoms with Crippen LogP contribution in [0.4, 0.5) is 11.4 Å². The van der Waals surface area contributed by atoms with Gasteiger partial charge in [0.25, 0.3) is 11.8 Å². The minimum absolute atomic E-state index is 0.172. The van der Waals surface area contributed by atoms with Gasteiger partial charge >= 0.3 is 0 Å². The van der Waals surface area contributed by atoms with Gasteiger partial charge in [-0.1, -0.05) is 29.8 Å². The molecule has 0 spiro atoms. The molecular weight excluding hydrogens is 428 g/mol. The first-order chi connectivity index (χ1) is 15.4. The molecule has 0 unspecified atom stereocenters. The van der Waals surface area contributed by atoms with E-state index >= 15 is 0 Å². The lowest BCUT2D eigenvalue weighted by atomic mass is 10.0. The van der Waals surface area contributed by atoms with Crippen LogP contribution in [0.15, 0.2) is 72.4 Å². The summed E-state index contributed by atoms with van der Waals surface area (Å²) >= 11 is 6.04. The smallest absolute Gasteiger partial charge is 0.282 e. The van der Waals surface area contributed by atoms with E-state index in [1.54, 1.807) is 67.8 Å². The van der Waals surface area contributed by atoms with E-state index in [-0.39, 0.29) is 11.3 Å². The molecule has 6 nitrogen and oxygen atoms in total. The van der Waals surface area contributed by atoms with Crippen molar-refractivity contribution in [1.82, 2.24) is 0 Å². The summed E-state index contributed by atoms with van der Waals surface area (Å²) in [6, 6.07) is 19.2. The molecule has 32 heavy (non-hydrogen) atoms. The van der Waals surface area contributed by atoms with Crippen molar-refractivity contribution in [3.63, 3.8) is 0 Å². The molecule has 3 aromatic carbocycles. The van der Waals surface area contributed by atoms with Gasteiger partial charge in [0.1, 0.15) is 17.2 Å². The molecule has 1 heterocycles. The molecule has 0 saturated carbocycles. The van der Waals surface area contributed by atoms with Gasteiger partial charge in [0.2, 0.25) is 0 Å². The van der Waals surface area contributed by atoms with Crippen LogP contribution in [0.5, 0.6) is 11.5 Å². The Labute approximate surface area is 191 Å². The molecule has 1 N–H and O–H groups in total. The SMILES string of the molecule is COc1ccc(NC2=C(c3ccc(Cl)cc3)C(=O)N(c3cc(C)ccc3OC)C2=O)cc1. The van der Waals surface area contributed by atoms with Gasteiger partial charge in [0, 0.05) is 10.7 Å². The fourth-order valence-electron chi connectivity index (χ4n) is 3.54. The number of methoxy groups -OCH3 is 2. The number of anilines is 2. The molecule has 0 saturated heterocycles. The Kier molecular flexibility index (Phi) is 5.88. The van der Waals surface area contributed by atoms with E-state index in [4.69, 9.17) is 21.1 Å². The number of amides is 2. The van der Waals surface area contributed by atoms with Gasteiger partial charge < -0.3 is 14.8 Å². The van der Waals surface area contributed by atoms with Crippen LogP contribution in [0.25, 0.3) is 5.57 Å². The molecule has 0 aromatic heterocycles. The number of ether oxygens (including phenoxy) is 2. The third kappa shape index (κ3) is 3.92. The van der Waals surface area contributed by atoms with Crippen molar-refractivity contribution in [2.45, 2.75) is 6.92 Å². The van der Waals surface area contributed by atoms with Crippen LogP contribution in [-0.4, -0.2) is 26.0 Å². The van der Waals surface area contributed by atoms with Crippen molar-refractivity contribution in [3.8, 4) is 11.5 Å². The zero-order valence-electron chi connectivity index (χ0n) is 17.8. The zero-order chi connectivity index (χ0) is 22.8. The van der Waals surface area contributed by atoms with E-state index < -0.39 is 11.8 Å². The zero-order valence-corrected chi connectivity index (χ0v) is 18.6. The number of nitrogens with zero attached hydrogens (tertiary/aromatic N) is 1. The monoisotopic (exact) mass is 448 g/mol. The second-order valence-electron chi connectivity index (χ2n) is 7.23. The second-order valence-corrected chi connectivity index (χ2v) is 7.67. The number of halogens is 1. The highest BCUT2D eigenvalue weighted by atomic mass is 35.5. The standard InChI is InChI=1S/C25H21ClN2O4/c1-15-4-13-21(32-3)20(14-15)28-24(29)22(16-5-7-17(26)8-6-16)23(25(28)30)27-18-9-11-19(31-2)12-10-18/h4-14,27H,1-3H3. The molecule has 162 valence electrons. The average Bonchev–Trinajstić information content (AvgIpc) is 3.04. The Morgan fingerprint density at radius 3 is 2.16 bits per heavy atom. The molecule has 0 radical (unpaired) electrons. The second kappa shape index (κ2) is 8.77. The number of nitrogens with one attached hydrogen (secondary N) is 1. The number of hydrogen-bond acceptors (Lipinski definition) is 5. The minimum atomic E-state index is -0.473. The van der Waals surface area contributed by atoms with Gasteiger partial charge in [-0.15, -0.1) is 0 Å². The molecule has 2 amide bonds. The molecule has 0 aliphatic carbocycles. The number of carbonyl (C=O) groups is 2. The summed E-state index contributed by atoms with van der Waals surface area (Å²) in [7, 11) is 3.08. The lowest BCUT2D eigenvalue weighted by Gasteiger charge is -2.19. The lowest BCUT2D eigenvalue weighted by molar-refractivity contribution is -0.120. The Hall–Kier alpha value is -3.77. The van der Waals surface area contributed by atoms with Crippen LogP contribution in [0.3, 0.4) is 0 Å². The summed E-state index contributed by atoms with van der Waals surface area (Å²) in [5.41, 5.74) is 2.94. The Balaban J connectivity index is 1.83. The number of carbonyl (C=O) groups excluding carboxylic acids is 2. The van der Waals surface area contributed by atoms with E-state index in [1.165, 1.54) is 7.11 Å². The quantitative estimate of drug-likeness (QED) is 0.534. The first-order valence-electron chi connectivity index (χ1n) is 9.87. The molecule has 0 fully saturated rings. The van der Waals surface area contributed by atoms with Crippen LogP contribution in [0, 0.1) is 6.92 Å². The molecule has 3 aromatic rings. The first kappa shape index (κ1) is 21.5. The number of benzene rings is 3. The van der Waals surface area contributed by atoms with E-state index in [2.05, 4.69) is 5.32 Å². The van der Waals surface area contributed by atoms with Gasteiger partial charge in [-0.05, 0) is 66.6 Å². The van der Waals surface area contributed by atoms with Crippen LogP contribution in [0.1, 0.15) is 11.1 Å². The van der Waals surface area contributed by atoms with E-state index in [0.29, 0.717) is 33.5 Å². The first-order valence-corrected chi connectivity index (χ1v) is 10.3. The number of imide groups is 1. The molecule has 4 rings (SSSR count). The third-order valence-electron chi connectivity index (χ3n) is 5.15. The highest BCUT2D eigenvalue weighted by Crippen LogP contribution is 2.38. The molecule has 1 aliphatic rings. The average molecular weight is 449 g/mol. The third-order valence-corrected chi connectivity index (χ3v) is 5.40. The largest absolute Gasteiger partial charge is 0.497 e.